The van der Waals surface area contributed by atoms with Crippen molar-refractivity contribution in [1.29, 1.82) is 0 Å². The zero-order valence-electron chi connectivity index (χ0n) is 17.2. The summed E-state index contributed by atoms with van der Waals surface area (Å²) in [4.78, 5) is 18.2. The normalized spacial score (nSPS) is 17.9. The van der Waals surface area contributed by atoms with Gasteiger partial charge in [-0.3, -0.25) is 9.69 Å². The van der Waals surface area contributed by atoms with Crippen LogP contribution in [0.2, 0.25) is 0 Å². The van der Waals surface area contributed by atoms with E-state index in [1.165, 1.54) is 0 Å². The maximum Gasteiger partial charge on any atom is 0.223 e. The van der Waals surface area contributed by atoms with Gasteiger partial charge in [0.05, 0.1) is 18.9 Å². The molecule has 4 rings (SSSR count). The highest BCUT2D eigenvalue weighted by molar-refractivity contribution is 5.93. The highest BCUT2D eigenvalue weighted by Crippen LogP contribution is 2.31. The highest BCUT2D eigenvalue weighted by Gasteiger charge is 2.25. The Bertz CT molecular complexity index is 877. The van der Waals surface area contributed by atoms with Gasteiger partial charge in [-0.15, -0.1) is 0 Å². The quantitative estimate of drug-likeness (QED) is 0.843. The monoisotopic (exact) mass is 395 g/mol. The number of carbonyl (C=O) groups excluding carboxylic acids is 1. The van der Waals surface area contributed by atoms with Gasteiger partial charge in [0.15, 0.2) is 0 Å². The van der Waals surface area contributed by atoms with E-state index in [9.17, 15) is 9.90 Å². The van der Waals surface area contributed by atoms with Crippen LogP contribution in [0, 0.1) is 0 Å². The lowest BCUT2D eigenvalue weighted by Crippen LogP contribution is -2.47. The van der Waals surface area contributed by atoms with Crippen molar-refractivity contribution in [3.63, 3.8) is 0 Å². The zero-order valence-corrected chi connectivity index (χ0v) is 17.2. The van der Waals surface area contributed by atoms with E-state index in [0.29, 0.717) is 6.54 Å². The predicted molar refractivity (Wildman–Crippen MR) is 115 cm³/mol. The number of rotatable bonds is 5. The van der Waals surface area contributed by atoms with E-state index < -0.39 is 6.10 Å². The summed E-state index contributed by atoms with van der Waals surface area (Å²) in [6.07, 6.45) is 0.331. The minimum atomic E-state index is -0.524. The number of carbonyl (C=O) groups is 1. The Hall–Kier alpha value is -2.57. The summed E-state index contributed by atoms with van der Waals surface area (Å²) in [6.45, 7) is 6.57. The minimum absolute atomic E-state index is 0.0740. The molecule has 2 aromatic carbocycles. The lowest BCUT2D eigenvalue weighted by atomic mass is 10.0. The van der Waals surface area contributed by atoms with E-state index in [2.05, 4.69) is 21.9 Å². The third-order valence-electron chi connectivity index (χ3n) is 5.99. The molecule has 1 N–H and O–H groups in total. The van der Waals surface area contributed by atoms with Crippen LogP contribution in [-0.2, 0) is 11.2 Å². The van der Waals surface area contributed by atoms with Crippen LogP contribution in [0.1, 0.15) is 24.2 Å². The van der Waals surface area contributed by atoms with Gasteiger partial charge in [-0.1, -0.05) is 24.3 Å². The Balaban J connectivity index is 1.36. The Morgan fingerprint density at radius 1 is 1.07 bits per heavy atom. The summed E-state index contributed by atoms with van der Waals surface area (Å²) in [6, 6.07) is 14.1. The average Bonchev–Trinajstić information content (AvgIpc) is 3.18. The van der Waals surface area contributed by atoms with Crippen molar-refractivity contribution < 1.29 is 14.6 Å². The van der Waals surface area contributed by atoms with Crippen molar-refractivity contribution in [2.24, 2.45) is 0 Å². The molecule has 1 amide bonds. The van der Waals surface area contributed by atoms with Gasteiger partial charge < -0.3 is 19.6 Å². The van der Waals surface area contributed by atoms with Crippen LogP contribution in [0.4, 0.5) is 11.4 Å². The van der Waals surface area contributed by atoms with E-state index in [1.54, 1.807) is 14.0 Å². The van der Waals surface area contributed by atoms with Gasteiger partial charge in [0.2, 0.25) is 5.91 Å². The first-order valence-corrected chi connectivity index (χ1v) is 10.3. The minimum Gasteiger partial charge on any atom is -0.495 e. The molecule has 0 bridgehead atoms. The molecule has 2 aliphatic rings. The Labute approximate surface area is 172 Å². The van der Waals surface area contributed by atoms with E-state index in [4.69, 9.17) is 4.74 Å². The summed E-state index contributed by atoms with van der Waals surface area (Å²) in [5, 5.41) is 10.8. The topological polar surface area (TPSA) is 56.2 Å². The van der Waals surface area contributed by atoms with Crippen LogP contribution in [0.15, 0.2) is 42.5 Å². The number of hydrogen-bond acceptors (Lipinski definition) is 5. The fraction of sp³-hybridized carbons (Fsp3) is 0.435. The summed E-state index contributed by atoms with van der Waals surface area (Å²) in [7, 11) is 1.71. The Morgan fingerprint density at radius 3 is 2.55 bits per heavy atom. The number of aliphatic hydroxyl groups is 1. The summed E-state index contributed by atoms with van der Waals surface area (Å²) >= 11 is 0. The lowest BCUT2D eigenvalue weighted by Gasteiger charge is -2.37. The molecule has 6 nitrogen and oxygen atoms in total. The summed E-state index contributed by atoms with van der Waals surface area (Å²) < 4.78 is 5.49. The van der Waals surface area contributed by atoms with Gasteiger partial charge >= 0.3 is 0 Å². The van der Waals surface area contributed by atoms with Crippen molar-refractivity contribution in [2.75, 3.05) is 56.2 Å². The van der Waals surface area contributed by atoms with Crippen LogP contribution < -0.4 is 14.5 Å². The molecule has 1 atom stereocenters. The average molecular weight is 396 g/mol. The van der Waals surface area contributed by atoms with Gasteiger partial charge in [0.1, 0.15) is 5.75 Å². The second-order valence-corrected chi connectivity index (χ2v) is 7.78. The molecule has 29 heavy (non-hydrogen) atoms. The number of β-amino-alcohol motifs (C(OH)–C–C–N with tert-alkyl or cyclic N) is 1. The molecule has 0 aliphatic carbocycles. The van der Waals surface area contributed by atoms with Crippen molar-refractivity contribution in [1.82, 2.24) is 4.90 Å². The molecular weight excluding hydrogens is 366 g/mol. The Morgan fingerprint density at radius 2 is 1.83 bits per heavy atom. The van der Waals surface area contributed by atoms with Gasteiger partial charge in [-0.05, 0) is 35.7 Å². The van der Waals surface area contributed by atoms with Gasteiger partial charge in [0.25, 0.3) is 0 Å². The highest BCUT2D eigenvalue weighted by atomic mass is 16.5. The number of fused-ring (bicyclic) bond motifs is 1. The molecule has 0 spiro atoms. The van der Waals surface area contributed by atoms with E-state index in [0.717, 1.165) is 67.4 Å². The molecule has 2 aliphatic heterocycles. The number of ether oxygens (including phenoxy) is 1. The number of methoxy groups -OCH3 is 1. The third kappa shape index (κ3) is 4.09. The lowest BCUT2D eigenvalue weighted by molar-refractivity contribution is -0.116. The van der Waals surface area contributed by atoms with Crippen LogP contribution >= 0.6 is 0 Å². The van der Waals surface area contributed by atoms with Crippen molar-refractivity contribution in [2.45, 2.75) is 19.4 Å². The molecule has 2 heterocycles. The SMILES string of the molecule is COc1ccccc1N1CCN(CC(O)c2ccc3c(c2)CCN3C(C)=O)CC1. The fourth-order valence-electron chi connectivity index (χ4n) is 4.37. The van der Waals surface area contributed by atoms with Crippen LogP contribution in [0.25, 0.3) is 0 Å². The summed E-state index contributed by atoms with van der Waals surface area (Å²) in [5.74, 6) is 0.976. The molecule has 1 saturated heterocycles. The first-order chi connectivity index (χ1) is 14.1. The van der Waals surface area contributed by atoms with E-state index >= 15 is 0 Å². The second-order valence-electron chi connectivity index (χ2n) is 7.78. The number of aliphatic hydroxyl groups excluding tert-OH is 1. The predicted octanol–water partition coefficient (Wildman–Crippen LogP) is 2.46. The number of hydrogen-bond donors (Lipinski definition) is 1. The molecule has 0 saturated carbocycles. The molecular formula is C23H29N3O3. The number of anilines is 2. The molecule has 6 heteroatoms. The van der Waals surface area contributed by atoms with Gasteiger partial charge in [0, 0.05) is 51.9 Å². The Kier molecular flexibility index (Phi) is 5.74. The first-order valence-electron chi connectivity index (χ1n) is 10.3. The van der Waals surface area contributed by atoms with E-state index in [-0.39, 0.29) is 5.91 Å². The van der Waals surface area contributed by atoms with Crippen molar-refractivity contribution >= 4 is 17.3 Å². The largest absolute Gasteiger partial charge is 0.495 e. The second kappa shape index (κ2) is 8.43. The third-order valence-corrected chi connectivity index (χ3v) is 5.99. The van der Waals surface area contributed by atoms with Gasteiger partial charge in [-0.25, -0.2) is 0 Å². The molecule has 1 fully saturated rings. The van der Waals surface area contributed by atoms with Crippen LogP contribution in [0.5, 0.6) is 5.75 Å². The first kappa shape index (κ1) is 19.7. The van der Waals surface area contributed by atoms with E-state index in [1.807, 2.05) is 35.2 Å². The summed E-state index contributed by atoms with van der Waals surface area (Å²) in [5.41, 5.74) is 4.20. The number of amides is 1. The van der Waals surface area contributed by atoms with Crippen LogP contribution in [-0.4, -0.2) is 62.3 Å². The molecule has 2 aromatic rings. The molecule has 1 unspecified atom stereocenters. The van der Waals surface area contributed by atoms with Crippen molar-refractivity contribution in [3.05, 3.63) is 53.6 Å². The standard InChI is InChI=1S/C23H29N3O3/c1-17(27)26-10-9-18-15-19(7-8-20(18)26)22(28)16-24-11-13-25(14-12-24)21-5-3-4-6-23(21)29-2/h3-8,15,22,28H,9-14,16H2,1-2H3. The number of benzene rings is 2. The number of piperazine rings is 1. The number of nitrogens with zero attached hydrogens (tertiary/aromatic N) is 3. The van der Waals surface area contributed by atoms with Gasteiger partial charge in [-0.2, -0.15) is 0 Å². The van der Waals surface area contributed by atoms with Crippen molar-refractivity contribution in [3.8, 4) is 5.75 Å². The maximum atomic E-state index is 11.7. The molecule has 0 aromatic heterocycles. The molecule has 0 radical (unpaired) electrons. The van der Waals surface area contributed by atoms with Crippen LogP contribution in [0.3, 0.4) is 0 Å². The smallest absolute Gasteiger partial charge is 0.223 e. The number of para-hydroxylation sites is 2. The fourth-order valence-corrected chi connectivity index (χ4v) is 4.37. The molecule has 154 valence electrons. The maximum absolute atomic E-state index is 11.7. The zero-order chi connectivity index (χ0) is 20.4.